The zero-order chi connectivity index (χ0) is 20.9. The number of halogens is 1. The summed E-state index contributed by atoms with van der Waals surface area (Å²) in [5.74, 6) is -0.566. The van der Waals surface area contributed by atoms with Crippen LogP contribution in [0.1, 0.15) is 42.3 Å². The van der Waals surface area contributed by atoms with Crippen LogP contribution in [0.15, 0.2) is 40.9 Å². The van der Waals surface area contributed by atoms with Crippen LogP contribution in [0.2, 0.25) is 0 Å². The van der Waals surface area contributed by atoms with Gasteiger partial charge >= 0.3 is 5.97 Å². The number of carbonyl (C=O) groups is 2. The zero-order valence-electron chi connectivity index (χ0n) is 16.4. The third-order valence-corrected chi connectivity index (χ3v) is 4.42. The molecule has 0 heterocycles. The summed E-state index contributed by atoms with van der Waals surface area (Å²) in [4.78, 5) is 23.3. The lowest BCUT2D eigenvalue weighted by atomic mass is 10.1. The number of nitrogens with one attached hydrogen (secondary N) is 2. The molecule has 0 radical (unpaired) electrons. The lowest BCUT2D eigenvalue weighted by Gasteiger charge is -2.21. The molecule has 28 heavy (non-hydrogen) atoms. The normalized spacial score (nSPS) is 11.0. The van der Waals surface area contributed by atoms with Gasteiger partial charge in [0.15, 0.2) is 6.61 Å². The van der Waals surface area contributed by atoms with E-state index in [2.05, 4.69) is 26.6 Å². The Morgan fingerprint density at radius 1 is 1.18 bits per heavy atom. The number of hydrogen-bond donors (Lipinski definition) is 3. The van der Waals surface area contributed by atoms with Crippen molar-refractivity contribution in [1.82, 2.24) is 5.32 Å². The molecule has 0 atom stereocenters. The first kappa shape index (κ1) is 21.8. The van der Waals surface area contributed by atoms with E-state index in [4.69, 9.17) is 4.74 Å². The van der Waals surface area contributed by atoms with E-state index in [9.17, 15) is 14.7 Å². The predicted octanol–water partition coefficient (Wildman–Crippen LogP) is 4.36. The van der Waals surface area contributed by atoms with Crippen LogP contribution >= 0.6 is 15.9 Å². The molecule has 2 rings (SSSR count). The molecule has 0 unspecified atom stereocenters. The van der Waals surface area contributed by atoms with Crippen molar-refractivity contribution in [2.75, 3.05) is 11.9 Å². The van der Waals surface area contributed by atoms with Gasteiger partial charge in [0, 0.05) is 27.8 Å². The number of aromatic carboxylic acids is 1. The number of carboxylic acid groups (broad SMARTS) is 1. The van der Waals surface area contributed by atoms with Gasteiger partial charge in [0.25, 0.3) is 5.91 Å². The Morgan fingerprint density at radius 3 is 2.54 bits per heavy atom. The van der Waals surface area contributed by atoms with E-state index in [1.54, 1.807) is 25.1 Å². The van der Waals surface area contributed by atoms with Crippen LogP contribution in [-0.2, 0) is 11.3 Å². The van der Waals surface area contributed by atoms with Crippen LogP contribution in [0.4, 0.5) is 5.69 Å². The molecule has 150 valence electrons. The SMILES string of the molecule is Cc1c(NCc2cc(Br)ccc2OCC(=O)NC(C)(C)C)cccc1C(=O)O. The van der Waals surface area contributed by atoms with Crippen molar-refractivity contribution in [2.45, 2.75) is 39.8 Å². The van der Waals surface area contributed by atoms with Gasteiger partial charge in [0.2, 0.25) is 0 Å². The highest BCUT2D eigenvalue weighted by Gasteiger charge is 2.15. The average Bonchev–Trinajstić information content (AvgIpc) is 2.58. The number of anilines is 1. The highest BCUT2D eigenvalue weighted by atomic mass is 79.9. The van der Waals surface area contributed by atoms with E-state index >= 15 is 0 Å². The maximum Gasteiger partial charge on any atom is 0.336 e. The summed E-state index contributed by atoms with van der Waals surface area (Å²) in [5.41, 5.74) is 2.18. The first-order chi connectivity index (χ1) is 13.1. The van der Waals surface area contributed by atoms with Gasteiger partial charge in [-0.2, -0.15) is 0 Å². The van der Waals surface area contributed by atoms with E-state index in [1.807, 2.05) is 39.0 Å². The van der Waals surface area contributed by atoms with Crippen LogP contribution in [0, 0.1) is 6.92 Å². The fourth-order valence-corrected chi connectivity index (χ4v) is 3.08. The molecule has 0 aliphatic heterocycles. The average molecular weight is 449 g/mol. The quantitative estimate of drug-likeness (QED) is 0.585. The fourth-order valence-electron chi connectivity index (χ4n) is 2.67. The number of ether oxygens (including phenoxy) is 1. The molecular weight excluding hydrogens is 424 g/mol. The molecule has 0 spiro atoms. The number of rotatable bonds is 7. The third kappa shape index (κ3) is 6.27. The highest BCUT2D eigenvalue weighted by molar-refractivity contribution is 9.10. The van der Waals surface area contributed by atoms with Gasteiger partial charge in [-0.3, -0.25) is 4.79 Å². The topological polar surface area (TPSA) is 87.7 Å². The number of carboxylic acids is 1. The van der Waals surface area contributed by atoms with E-state index in [0.717, 1.165) is 15.7 Å². The van der Waals surface area contributed by atoms with Crippen molar-refractivity contribution < 1.29 is 19.4 Å². The Kier molecular flexibility index (Phi) is 7.07. The van der Waals surface area contributed by atoms with E-state index in [0.29, 0.717) is 17.9 Å². The zero-order valence-corrected chi connectivity index (χ0v) is 18.0. The molecule has 0 bridgehead atoms. The minimum absolute atomic E-state index is 0.0839. The lowest BCUT2D eigenvalue weighted by molar-refractivity contribution is -0.124. The number of hydrogen-bond acceptors (Lipinski definition) is 4. The van der Waals surface area contributed by atoms with Crippen molar-refractivity contribution in [1.29, 1.82) is 0 Å². The maximum atomic E-state index is 12.0. The largest absolute Gasteiger partial charge is 0.483 e. The first-order valence-corrected chi connectivity index (χ1v) is 9.65. The molecule has 1 amide bonds. The predicted molar refractivity (Wildman–Crippen MR) is 113 cm³/mol. The van der Waals surface area contributed by atoms with Crippen molar-refractivity contribution in [3.05, 3.63) is 57.6 Å². The van der Waals surface area contributed by atoms with Crippen LogP contribution < -0.4 is 15.4 Å². The van der Waals surface area contributed by atoms with E-state index in [1.165, 1.54) is 0 Å². The Hall–Kier alpha value is -2.54. The molecule has 7 heteroatoms. The Morgan fingerprint density at radius 2 is 1.89 bits per heavy atom. The van der Waals surface area contributed by atoms with Gasteiger partial charge in [-0.1, -0.05) is 22.0 Å². The first-order valence-electron chi connectivity index (χ1n) is 8.86. The van der Waals surface area contributed by atoms with Gasteiger partial charge in [-0.25, -0.2) is 4.79 Å². The number of amides is 1. The molecule has 0 aromatic heterocycles. The summed E-state index contributed by atoms with van der Waals surface area (Å²) in [6, 6.07) is 10.7. The Bertz CT molecular complexity index is 875. The van der Waals surface area contributed by atoms with Crippen LogP contribution in [0.5, 0.6) is 5.75 Å². The summed E-state index contributed by atoms with van der Waals surface area (Å²) >= 11 is 3.45. The van der Waals surface area contributed by atoms with Crippen molar-refractivity contribution in [3.63, 3.8) is 0 Å². The summed E-state index contributed by atoms with van der Waals surface area (Å²) in [7, 11) is 0. The summed E-state index contributed by atoms with van der Waals surface area (Å²) in [5, 5.41) is 15.4. The Balaban J connectivity index is 2.12. The lowest BCUT2D eigenvalue weighted by Crippen LogP contribution is -2.43. The minimum atomic E-state index is -0.961. The van der Waals surface area contributed by atoms with Crippen LogP contribution in [-0.4, -0.2) is 29.1 Å². The molecule has 0 aliphatic carbocycles. The van der Waals surface area contributed by atoms with Crippen molar-refractivity contribution >= 4 is 33.5 Å². The summed E-state index contributed by atoms with van der Waals surface area (Å²) < 4.78 is 6.59. The summed E-state index contributed by atoms with van der Waals surface area (Å²) in [6.45, 7) is 7.83. The molecule has 0 saturated heterocycles. The van der Waals surface area contributed by atoms with E-state index in [-0.39, 0.29) is 23.6 Å². The van der Waals surface area contributed by atoms with Gasteiger partial charge in [0.1, 0.15) is 5.75 Å². The van der Waals surface area contributed by atoms with Gasteiger partial charge < -0.3 is 20.5 Å². The maximum absolute atomic E-state index is 12.0. The second-order valence-electron chi connectivity index (χ2n) is 7.48. The van der Waals surface area contributed by atoms with Gasteiger partial charge in [-0.15, -0.1) is 0 Å². The van der Waals surface area contributed by atoms with Gasteiger partial charge in [0.05, 0.1) is 5.56 Å². The highest BCUT2D eigenvalue weighted by Crippen LogP contribution is 2.26. The van der Waals surface area contributed by atoms with Crippen LogP contribution in [0.25, 0.3) is 0 Å². The molecule has 0 saturated carbocycles. The molecule has 0 aliphatic rings. The fraction of sp³-hybridized carbons (Fsp3) is 0.333. The van der Waals surface area contributed by atoms with E-state index < -0.39 is 5.97 Å². The number of benzene rings is 2. The third-order valence-electron chi connectivity index (χ3n) is 3.93. The van der Waals surface area contributed by atoms with Gasteiger partial charge in [-0.05, 0) is 63.6 Å². The molecular formula is C21H25BrN2O4. The number of carbonyl (C=O) groups excluding carboxylic acids is 1. The Labute approximate surface area is 173 Å². The second kappa shape index (κ2) is 9.10. The van der Waals surface area contributed by atoms with Crippen LogP contribution in [0.3, 0.4) is 0 Å². The monoisotopic (exact) mass is 448 g/mol. The molecule has 2 aromatic carbocycles. The molecule has 6 nitrogen and oxygen atoms in total. The minimum Gasteiger partial charge on any atom is -0.483 e. The van der Waals surface area contributed by atoms with Crippen molar-refractivity contribution in [3.8, 4) is 5.75 Å². The smallest absolute Gasteiger partial charge is 0.336 e. The summed E-state index contributed by atoms with van der Waals surface area (Å²) in [6.07, 6.45) is 0. The molecule has 0 fully saturated rings. The van der Waals surface area contributed by atoms with Crippen molar-refractivity contribution in [2.24, 2.45) is 0 Å². The second-order valence-corrected chi connectivity index (χ2v) is 8.39. The standard InChI is InChI=1S/C21H25BrN2O4/c1-13-16(20(26)27)6-5-7-17(13)23-11-14-10-15(22)8-9-18(14)28-12-19(25)24-21(2,3)4/h5-10,23H,11-12H2,1-4H3,(H,24,25)(H,26,27). The molecule has 2 aromatic rings. The molecule has 3 N–H and O–H groups in total.